The largest absolute Gasteiger partial charge is 0.411 e. The SMILES string of the molecule is CCCCCCCCCCCCCC[C@@H](O[Si](C)(C)C(C)(C)C)[C@@H](O[Si](C)(C)C(C)(C)C)[C@H](CO)NC(=O)c1ccc(F)c(F)c1. The van der Waals surface area contributed by atoms with E-state index < -0.39 is 46.3 Å². The Bertz CT molecular complexity index is 1020. The third kappa shape index (κ3) is 14.5. The Labute approximate surface area is 283 Å². The molecule has 268 valence electrons. The molecule has 0 unspecified atom stereocenters. The van der Waals surface area contributed by atoms with E-state index in [4.69, 9.17) is 8.85 Å². The van der Waals surface area contributed by atoms with E-state index >= 15 is 0 Å². The summed E-state index contributed by atoms with van der Waals surface area (Å²) in [6, 6.07) is 2.29. The lowest BCUT2D eigenvalue weighted by Crippen LogP contribution is -2.59. The number of hydrogen-bond donors (Lipinski definition) is 2. The zero-order chi connectivity index (χ0) is 35.2. The van der Waals surface area contributed by atoms with E-state index in [0.717, 1.165) is 31.4 Å². The van der Waals surface area contributed by atoms with Gasteiger partial charge in [0.15, 0.2) is 28.3 Å². The molecular formula is C37H69F2NO4Si2. The van der Waals surface area contributed by atoms with Crippen molar-refractivity contribution < 1.29 is 27.5 Å². The average molecular weight is 686 g/mol. The van der Waals surface area contributed by atoms with E-state index in [1.54, 1.807) is 0 Å². The number of unbranched alkanes of at least 4 members (excludes halogenated alkanes) is 11. The second-order valence-corrected chi connectivity index (χ2v) is 25.8. The maximum absolute atomic E-state index is 14.0. The van der Waals surface area contributed by atoms with Crippen LogP contribution in [-0.4, -0.2) is 52.5 Å². The molecule has 0 radical (unpaired) electrons. The van der Waals surface area contributed by atoms with Crippen LogP contribution in [0.4, 0.5) is 8.78 Å². The molecule has 5 nitrogen and oxygen atoms in total. The van der Waals surface area contributed by atoms with Gasteiger partial charge in [0.1, 0.15) is 0 Å². The van der Waals surface area contributed by atoms with Gasteiger partial charge in [-0.25, -0.2) is 8.78 Å². The lowest BCUT2D eigenvalue weighted by molar-refractivity contribution is -0.00570. The molecular weight excluding hydrogens is 617 g/mol. The van der Waals surface area contributed by atoms with Crippen molar-refractivity contribution in [2.45, 2.75) is 186 Å². The van der Waals surface area contributed by atoms with Gasteiger partial charge in [-0.05, 0) is 60.9 Å². The molecule has 46 heavy (non-hydrogen) atoms. The molecule has 2 N–H and O–H groups in total. The summed E-state index contributed by atoms with van der Waals surface area (Å²) in [5.41, 5.74) is -0.00810. The molecule has 0 aliphatic carbocycles. The molecule has 0 aromatic heterocycles. The normalized spacial score (nSPS) is 15.1. The van der Waals surface area contributed by atoms with E-state index in [0.29, 0.717) is 0 Å². The standard InChI is InChI=1S/C37H69F2NO4Si2/c1-12-13-14-15-16-17-18-19-20-21-22-23-24-33(43-45(8,9)36(2,3)4)34(44-46(10,11)37(5,6)7)32(28-41)40-35(42)29-25-26-30(38)31(39)27-29/h25-27,32-34,41H,12-24,28H2,1-11H3,(H,40,42)/t32-,33+,34-/m0/s1. The van der Waals surface area contributed by atoms with Crippen molar-refractivity contribution >= 4 is 22.5 Å². The Hall–Kier alpha value is -1.14. The second-order valence-electron chi connectivity index (χ2n) is 16.3. The minimum atomic E-state index is -2.40. The van der Waals surface area contributed by atoms with Crippen LogP contribution < -0.4 is 5.32 Å². The van der Waals surface area contributed by atoms with Crippen molar-refractivity contribution in [2.75, 3.05) is 6.61 Å². The van der Waals surface area contributed by atoms with Crippen LogP contribution >= 0.6 is 0 Å². The summed E-state index contributed by atoms with van der Waals surface area (Å²) in [6.07, 6.45) is 14.9. The van der Waals surface area contributed by atoms with Crippen LogP contribution in [0.3, 0.4) is 0 Å². The molecule has 9 heteroatoms. The Balaban J connectivity index is 3.17. The van der Waals surface area contributed by atoms with Crippen molar-refractivity contribution in [3.8, 4) is 0 Å². The van der Waals surface area contributed by atoms with Crippen LogP contribution in [0.2, 0.25) is 36.3 Å². The number of aliphatic hydroxyl groups excluding tert-OH is 1. The first-order valence-corrected chi connectivity index (χ1v) is 23.8. The number of carbonyl (C=O) groups is 1. The molecule has 1 aromatic carbocycles. The Morgan fingerprint density at radius 2 is 1.22 bits per heavy atom. The summed E-state index contributed by atoms with van der Waals surface area (Å²) < 4.78 is 41.7. The molecule has 0 heterocycles. The van der Waals surface area contributed by atoms with Gasteiger partial charge < -0.3 is 19.3 Å². The zero-order valence-electron chi connectivity index (χ0n) is 31.3. The smallest absolute Gasteiger partial charge is 0.251 e. The summed E-state index contributed by atoms with van der Waals surface area (Å²) in [7, 11) is -4.68. The minimum Gasteiger partial charge on any atom is -0.411 e. The summed E-state index contributed by atoms with van der Waals surface area (Å²) in [5.74, 6) is -2.69. The molecule has 0 bridgehead atoms. The zero-order valence-corrected chi connectivity index (χ0v) is 33.3. The number of halogens is 2. The molecule has 0 fully saturated rings. The number of amides is 1. The monoisotopic (exact) mass is 685 g/mol. The van der Waals surface area contributed by atoms with Crippen molar-refractivity contribution in [3.63, 3.8) is 0 Å². The van der Waals surface area contributed by atoms with E-state index in [1.165, 1.54) is 70.3 Å². The lowest BCUT2D eigenvalue weighted by Gasteiger charge is -2.47. The number of carbonyl (C=O) groups excluding carboxylic acids is 1. The fraction of sp³-hybridized carbons (Fsp3) is 0.811. The van der Waals surface area contributed by atoms with Crippen LogP contribution in [0.5, 0.6) is 0 Å². The molecule has 3 atom stereocenters. The Kier molecular flexibility index (Phi) is 18.4. The minimum absolute atomic E-state index is 0.00810. The molecule has 1 rings (SSSR count). The highest BCUT2D eigenvalue weighted by atomic mass is 28.4. The first kappa shape index (κ1) is 42.9. The fourth-order valence-electron chi connectivity index (χ4n) is 5.09. The van der Waals surface area contributed by atoms with Crippen LogP contribution in [0.25, 0.3) is 0 Å². The van der Waals surface area contributed by atoms with Gasteiger partial charge in [0.25, 0.3) is 5.91 Å². The summed E-state index contributed by atoms with van der Waals surface area (Å²) in [4.78, 5) is 13.3. The van der Waals surface area contributed by atoms with Crippen LogP contribution in [0.15, 0.2) is 18.2 Å². The van der Waals surface area contributed by atoms with Gasteiger partial charge in [-0.15, -0.1) is 0 Å². The van der Waals surface area contributed by atoms with Gasteiger partial charge in [-0.2, -0.15) is 0 Å². The first-order chi connectivity index (χ1) is 21.3. The van der Waals surface area contributed by atoms with E-state index in [9.17, 15) is 18.7 Å². The molecule has 0 aliphatic heterocycles. The predicted octanol–water partition coefficient (Wildman–Crippen LogP) is 10.9. The van der Waals surface area contributed by atoms with Gasteiger partial charge >= 0.3 is 0 Å². The Morgan fingerprint density at radius 1 is 0.761 bits per heavy atom. The maximum Gasteiger partial charge on any atom is 0.251 e. The first-order valence-electron chi connectivity index (χ1n) is 18.0. The number of rotatable bonds is 22. The van der Waals surface area contributed by atoms with E-state index in [2.05, 4.69) is 80.0 Å². The Morgan fingerprint density at radius 3 is 1.65 bits per heavy atom. The highest BCUT2D eigenvalue weighted by Crippen LogP contribution is 2.41. The second kappa shape index (κ2) is 19.8. The molecule has 0 spiro atoms. The van der Waals surface area contributed by atoms with Crippen molar-refractivity contribution in [1.82, 2.24) is 5.32 Å². The van der Waals surface area contributed by atoms with Crippen molar-refractivity contribution in [2.24, 2.45) is 0 Å². The predicted molar refractivity (Wildman–Crippen MR) is 195 cm³/mol. The van der Waals surface area contributed by atoms with Crippen LogP contribution in [-0.2, 0) is 8.85 Å². The van der Waals surface area contributed by atoms with Crippen LogP contribution in [0, 0.1) is 11.6 Å². The summed E-state index contributed by atoms with van der Waals surface area (Å²) in [6.45, 7) is 23.8. The molecule has 1 amide bonds. The molecule has 0 saturated carbocycles. The topological polar surface area (TPSA) is 67.8 Å². The summed E-state index contributed by atoms with van der Waals surface area (Å²) >= 11 is 0. The van der Waals surface area contributed by atoms with E-state index in [1.807, 2.05) is 0 Å². The highest BCUT2D eigenvalue weighted by molar-refractivity contribution is 6.74. The van der Waals surface area contributed by atoms with E-state index in [-0.39, 0.29) is 28.4 Å². The highest BCUT2D eigenvalue weighted by Gasteiger charge is 2.46. The number of benzene rings is 1. The number of hydrogen-bond acceptors (Lipinski definition) is 4. The molecule has 1 aromatic rings. The molecule has 0 saturated heterocycles. The van der Waals surface area contributed by atoms with Gasteiger partial charge in [0.05, 0.1) is 24.9 Å². The summed E-state index contributed by atoms with van der Waals surface area (Å²) in [5, 5.41) is 13.5. The number of nitrogens with one attached hydrogen (secondary N) is 1. The van der Waals surface area contributed by atoms with Crippen molar-refractivity contribution in [3.05, 3.63) is 35.4 Å². The average Bonchev–Trinajstić information content (AvgIpc) is 2.94. The third-order valence-electron chi connectivity index (χ3n) is 10.3. The fourth-order valence-corrected chi connectivity index (χ4v) is 7.80. The number of aliphatic hydroxyl groups is 1. The third-order valence-corrected chi connectivity index (χ3v) is 19.3. The molecule has 0 aliphatic rings. The van der Waals surface area contributed by atoms with Gasteiger partial charge in [-0.3, -0.25) is 4.79 Å². The van der Waals surface area contributed by atoms with Gasteiger partial charge in [0, 0.05) is 5.56 Å². The maximum atomic E-state index is 14.0. The van der Waals surface area contributed by atoms with Crippen LogP contribution in [0.1, 0.15) is 142 Å². The van der Waals surface area contributed by atoms with Gasteiger partial charge in [-0.1, -0.05) is 126 Å². The quantitative estimate of drug-likeness (QED) is 0.0941. The lowest BCUT2D eigenvalue weighted by atomic mass is 9.99. The van der Waals surface area contributed by atoms with Crippen molar-refractivity contribution in [1.29, 1.82) is 0 Å². The van der Waals surface area contributed by atoms with Gasteiger partial charge in [0.2, 0.25) is 0 Å².